The first kappa shape index (κ1) is 20.6. The van der Waals surface area contributed by atoms with Crippen LogP contribution in [0, 0.1) is 5.92 Å². The Morgan fingerprint density at radius 3 is 2.62 bits per heavy atom. The number of esters is 3. The molecule has 0 unspecified atom stereocenters. The minimum Gasteiger partial charge on any atom is -0.479 e. The summed E-state index contributed by atoms with van der Waals surface area (Å²) < 4.78 is 21.8. The molecule has 0 aromatic rings. The molecule has 0 fully saturated rings. The lowest BCUT2D eigenvalue weighted by molar-refractivity contribution is -0.144. The summed E-state index contributed by atoms with van der Waals surface area (Å²) in [5.41, 5.74) is -0.840. The lowest BCUT2D eigenvalue weighted by atomic mass is 9.90. The van der Waals surface area contributed by atoms with Gasteiger partial charge in [0.2, 0.25) is 5.78 Å². The normalized spacial score (nSPS) is 29.9. The third-order valence-corrected chi connectivity index (χ3v) is 4.93. The van der Waals surface area contributed by atoms with Crippen LogP contribution in [0.5, 0.6) is 0 Å². The van der Waals surface area contributed by atoms with E-state index in [2.05, 4.69) is 6.58 Å². The molecule has 0 aliphatic carbocycles. The molecule has 0 aromatic carbocycles. The van der Waals surface area contributed by atoms with Crippen molar-refractivity contribution in [2.24, 2.45) is 5.92 Å². The summed E-state index contributed by atoms with van der Waals surface area (Å²) in [7, 11) is 0. The van der Waals surface area contributed by atoms with Gasteiger partial charge in [-0.1, -0.05) is 13.5 Å². The van der Waals surface area contributed by atoms with E-state index in [0.29, 0.717) is 5.76 Å². The number of ether oxygens (including phenoxy) is 4. The average molecular weight is 402 g/mol. The van der Waals surface area contributed by atoms with Crippen molar-refractivity contribution in [2.45, 2.75) is 45.8 Å². The fourth-order valence-electron chi connectivity index (χ4n) is 3.33. The van der Waals surface area contributed by atoms with Gasteiger partial charge in [-0.3, -0.25) is 9.59 Å². The van der Waals surface area contributed by atoms with Gasteiger partial charge in [-0.05, 0) is 20.3 Å². The summed E-state index contributed by atoms with van der Waals surface area (Å²) in [4.78, 5) is 48.5. The summed E-state index contributed by atoms with van der Waals surface area (Å²) >= 11 is 0. The standard InChI is InChI=1S/C21H22O8/c1-10(2)19(24)27-15-6-11(3)14-7-17(23)21(5,29-14)8-16-18(15)13(20(25)28-16)9-26-12(4)22/h7-8,11,15H,1,6,9H2,2-5H3/b16-8+/t11-,15-,21+/m0/s1. The van der Waals surface area contributed by atoms with E-state index < -0.39 is 29.6 Å². The second kappa shape index (κ2) is 7.35. The Kier molecular flexibility index (Phi) is 5.21. The van der Waals surface area contributed by atoms with Crippen LogP contribution in [0.25, 0.3) is 0 Å². The molecule has 8 heteroatoms. The number of carbonyl (C=O) groups is 4. The van der Waals surface area contributed by atoms with Crippen LogP contribution in [0.3, 0.4) is 0 Å². The molecule has 3 aliphatic heterocycles. The molecule has 3 heterocycles. The van der Waals surface area contributed by atoms with Crippen LogP contribution in [0.2, 0.25) is 0 Å². The van der Waals surface area contributed by atoms with Gasteiger partial charge >= 0.3 is 17.9 Å². The van der Waals surface area contributed by atoms with Crippen LogP contribution in [0.1, 0.15) is 34.1 Å². The van der Waals surface area contributed by atoms with Crippen LogP contribution >= 0.6 is 0 Å². The quantitative estimate of drug-likeness (QED) is 0.400. The molecule has 0 radical (unpaired) electrons. The van der Waals surface area contributed by atoms with Gasteiger partial charge in [-0.25, -0.2) is 9.59 Å². The first-order valence-electron chi connectivity index (χ1n) is 9.15. The number of fused-ring (bicyclic) bond motifs is 3. The van der Waals surface area contributed by atoms with Crippen molar-refractivity contribution >= 4 is 23.7 Å². The molecule has 0 saturated heterocycles. The lowest BCUT2D eigenvalue weighted by Crippen LogP contribution is -2.31. The maximum atomic E-state index is 12.5. The van der Waals surface area contributed by atoms with Crippen molar-refractivity contribution in [3.8, 4) is 0 Å². The van der Waals surface area contributed by atoms with Gasteiger partial charge in [0.25, 0.3) is 0 Å². The highest BCUT2D eigenvalue weighted by Crippen LogP contribution is 2.42. The SMILES string of the molecule is C=C(C)C(=O)O[C@H]1C[C@H](C)C2=CC(=O)[C@@](C)(/C=C3/OC(=O)C(COC(C)=O)=C31)O2. The molecule has 0 spiro atoms. The van der Waals surface area contributed by atoms with E-state index in [1.807, 2.05) is 6.92 Å². The molecule has 2 bridgehead atoms. The van der Waals surface area contributed by atoms with Crippen LogP contribution in [-0.4, -0.2) is 42.0 Å². The Labute approximate surface area is 167 Å². The molecule has 0 amide bonds. The first-order valence-corrected chi connectivity index (χ1v) is 9.15. The van der Waals surface area contributed by atoms with Gasteiger partial charge in [-0.2, -0.15) is 0 Å². The van der Waals surface area contributed by atoms with Crippen molar-refractivity contribution in [2.75, 3.05) is 6.61 Å². The highest BCUT2D eigenvalue weighted by Gasteiger charge is 2.47. The molecule has 3 atom stereocenters. The van der Waals surface area contributed by atoms with Gasteiger partial charge < -0.3 is 18.9 Å². The first-order chi connectivity index (χ1) is 13.5. The molecular formula is C21H22O8. The number of ketones is 1. The minimum atomic E-state index is -1.35. The van der Waals surface area contributed by atoms with Gasteiger partial charge in [0.15, 0.2) is 5.60 Å². The topological polar surface area (TPSA) is 105 Å². The predicted molar refractivity (Wildman–Crippen MR) is 98.9 cm³/mol. The summed E-state index contributed by atoms with van der Waals surface area (Å²) in [6.07, 6.45) is 2.14. The predicted octanol–water partition coefficient (Wildman–Crippen LogP) is 2.06. The fraction of sp³-hybridized carbons (Fsp3) is 0.429. The number of carbonyl (C=O) groups excluding carboxylic acids is 4. The summed E-state index contributed by atoms with van der Waals surface area (Å²) in [5.74, 6) is -2.02. The van der Waals surface area contributed by atoms with E-state index >= 15 is 0 Å². The highest BCUT2D eigenvalue weighted by molar-refractivity contribution is 6.02. The Bertz CT molecular complexity index is 919. The smallest absolute Gasteiger partial charge is 0.343 e. The lowest BCUT2D eigenvalue weighted by Gasteiger charge is -2.23. The minimum absolute atomic E-state index is 0.0521. The Morgan fingerprint density at radius 2 is 2.00 bits per heavy atom. The third kappa shape index (κ3) is 3.87. The van der Waals surface area contributed by atoms with Gasteiger partial charge in [0, 0.05) is 36.1 Å². The number of hydrogen-bond acceptors (Lipinski definition) is 8. The Hall–Kier alpha value is -3.16. The maximum Gasteiger partial charge on any atom is 0.343 e. The van der Waals surface area contributed by atoms with Gasteiger partial charge in [0.05, 0.1) is 5.57 Å². The van der Waals surface area contributed by atoms with Gasteiger partial charge in [0.1, 0.15) is 24.2 Å². The fourth-order valence-corrected chi connectivity index (χ4v) is 3.33. The van der Waals surface area contributed by atoms with Gasteiger partial charge in [-0.15, -0.1) is 0 Å². The molecule has 0 N–H and O–H groups in total. The van der Waals surface area contributed by atoms with E-state index in [-0.39, 0.29) is 47.2 Å². The van der Waals surface area contributed by atoms with E-state index in [1.54, 1.807) is 6.92 Å². The highest BCUT2D eigenvalue weighted by atomic mass is 16.6. The second-order valence-corrected chi connectivity index (χ2v) is 7.50. The van der Waals surface area contributed by atoms with Crippen molar-refractivity contribution in [1.82, 2.24) is 0 Å². The molecule has 3 rings (SSSR count). The van der Waals surface area contributed by atoms with E-state index in [4.69, 9.17) is 18.9 Å². The Morgan fingerprint density at radius 1 is 1.31 bits per heavy atom. The number of rotatable bonds is 4. The average Bonchev–Trinajstić information content (AvgIpc) is 3.08. The van der Waals surface area contributed by atoms with Crippen molar-refractivity contribution in [3.05, 3.63) is 47.0 Å². The number of allylic oxidation sites excluding steroid dienone is 1. The zero-order valence-corrected chi connectivity index (χ0v) is 16.7. The van der Waals surface area contributed by atoms with Crippen molar-refractivity contribution in [3.63, 3.8) is 0 Å². The van der Waals surface area contributed by atoms with Crippen LogP contribution in [0.15, 0.2) is 47.0 Å². The summed E-state index contributed by atoms with van der Waals surface area (Å²) in [6.45, 7) is 9.35. The van der Waals surface area contributed by atoms with Crippen LogP contribution in [-0.2, 0) is 38.1 Å². The molecule has 154 valence electrons. The summed E-state index contributed by atoms with van der Waals surface area (Å²) in [5, 5.41) is 0. The van der Waals surface area contributed by atoms with Crippen molar-refractivity contribution < 1.29 is 38.1 Å². The number of hydrogen-bond donors (Lipinski definition) is 0. The zero-order valence-electron chi connectivity index (χ0n) is 16.7. The monoisotopic (exact) mass is 402 g/mol. The zero-order chi connectivity index (χ0) is 21.5. The third-order valence-electron chi connectivity index (χ3n) is 4.93. The largest absolute Gasteiger partial charge is 0.479 e. The Balaban J connectivity index is 2.14. The second-order valence-electron chi connectivity index (χ2n) is 7.50. The summed E-state index contributed by atoms with van der Waals surface area (Å²) in [6, 6.07) is 0. The van der Waals surface area contributed by atoms with Crippen LogP contribution < -0.4 is 0 Å². The van der Waals surface area contributed by atoms with E-state index in [0.717, 1.165) is 0 Å². The molecule has 0 saturated carbocycles. The molecule has 0 aromatic heterocycles. The molecule has 3 aliphatic rings. The van der Waals surface area contributed by atoms with E-state index in [1.165, 1.54) is 26.0 Å². The molecule has 29 heavy (non-hydrogen) atoms. The maximum absolute atomic E-state index is 12.5. The van der Waals surface area contributed by atoms with Crippen LogP contribution in [0.4, 0.5) is 0 Å². The molecular weight excluding hydrogens is 380 g/mol. The van der Waals surface area contributed by atoms with E-state index in [9.17, 15) is 19.2 Å². The molecule has 8 nitrogen and oxygen atoms in total. The van der Waals surface area contributed by atoms with Crippen molar-refractivity contribution in [1.29, 1.82) is 0 Å².